The molecule has 0 radical (unpaired) electrons. The number of benzene rings is 1. The highest BCUT2D eigenvalue weighted by Gasteiger charge is 2.43. The van der Waals surface area contributed by atoms with E-state index in [1.807, 2.05) is 0 Å². The van der Waals surface area contributed by atoms with Gasteiger partial charge in [-0.2, -0.15) is 0 Å². The molecule has 1 N–H and O–H groups in total. The van der Waals surface area contributed by atoms with Crippen LogP contribution in [-0.4, -0.2) is 45.6 Å². The van der Waals surface area contributed by atoms with Crippen LogP contribution in [0, 0.1) is 10.1 Å². The summed E-state index contributed by atoms with van der Waals surface area (Å²) in [5.74, 6) is -1.45. The van der Waals surface area contributed by atoms with Gasteiger partial charge < -0.3 is 15.0 Å². The maximum absolute atomic E-state index is 11.9. The largest absolute Gasteiger partial charge is 0.459 e. The molecule has 0 spiro atoms. The molecule has 2 amide bonds. The summed E-state index contributed by atoms with van der Waals surface area (Å²) in [6, 6.07) is 4.91. The Balaban J connectivity index is 1.83. The van der Waals surface area contributed by atoms with E-state index in [0.29, 0.717) is 5.56 Å². The van der Waals surface area contributed by atoms with Gasteiger partial charge in [-0.1, -0.05) is 0 Å². The minimum atomic E-state index is -1.07. The van der Waals surface area contributed by atoms with Gasteiger partial charge in [0.05, 0.1) is 11.5 Å². The molecule has 1 aliphatic heterocycles. The Morgan fingerprint density at radius 2 is 2.08 bits per heavy atom. The Morgan fingerprint density at radius 1 is 1.46 bits per heavy atom. The summed E-state index contributed by atoms with van der Waals surface area (Å²) in [5, 5.41) is 11.9. The van der Waals surface area contributed by atoms with Gasteiger partial charge in [-0.05, 0) is 17.7 Å². The summed E-state index contributed by atoms with van der Waals surface area (Å²) in [6.07, 6.45) is 0. The first-order chi connectivity index (χ1) is 11.3. The second-order valence-electron chi connectivity index (χ2n) is 5.15. The molecule has 2 rings (SSSR count). The third-order valence-corrected chi connectivity index (χ3v) is 3.86. The fourth-order valence-corrected chi connectivity index (χ4v) is 2.38. The lowest BCUT2D eigenvalue weighted by Crippen LogP contribution is -2.66. The second-order valence-corrected chi connectivity index (χ2v) is 5.64. The minimum Gasteiger partial charge on any atom is -0.459 e. The van der Waals surface area contributed by atoms with Gasteiger partial charge in [-0.3, -0.25) is 19.7 Å². The first kappa shape index (κ1) is 17.7. The molecular formula is C14H15N3O6S. The van der Waals surface area contributed by atoms with E-state index in [1.165, 1.54) is 36.1 Å². The maximum Gasteiger partial charge on any atom is 0.339 e. The van der Waals surface area contributed by atoms with E-state index < -0.39 is 28.2 Å². The smallest absolute Gasteiger partial charge is 0.339 e. The van der Waals surface area contributed by atoms with Crippen molar-refractivity contribution >= 4 is 36.1 Å². The highest BCUT2D eigenvalue weighted by molar-refractivity contribution is 7.81. The summed E-state index contributed by atoms with van der Waals surface area (Å²) >= 11 is 4.06. The molecule has 1 saturated heterocycles. The van der Waals surface area contributed by atoms with E-state index in [2.05, 4.69) is 17.9 Å². The molecule has 24 heavy (non-hydrogen) atoms. The predicted molar refractivity (Wildman–Crippen MR) is 85.0 cm³/mol. The number of nitrogens with zero attached hydrogens (tertiary/aromatic N) is 2. The number of carbonyl (C=O) groups is 3. The number of nitro benzene ring substituents is 1. The average molecular weight is 353 g/mol. The Kier molecular flexibility index (Phi) is 5.39. The van der Waals surface area contributed by atoms with Crippen molar-refractivity contribution in [2.24, 2.45) is 0 Å². The van der Waals surface area contributed by atoms with Crippen LogP contribution in [0.5, 0.6) is 0 Å². The molecule has 1 unspecified atom stereocenters. The first-order valence-electron chi connectivity index (χ1n) is 6.95. The number of nitrogens with one attached hydrogen (secondary N) is 1. The summed E-state index contributed by atoms with van der Waals surface area (Å²) < 4.78 is 5.05. The SMILES string of the molecule is CC(=O)N[C@H]1CN(C(S)C(=O)OCc2ccc([N+](=O)[O-])cc2)C1=O. The topological polar surface area (TPSA) is 119 Å². The molecule has 1 aromatic carbocycles. The molecule has 0 aromatic heterocycles. The van der Waals surface area contributed by atoms with Crippen molar-refractivity contribution in [3.63, 3.8) is 0 Å². The molecule has 0 aliphatic carbocycles. The normalized spacial score (nSPS) is 17.7. The van der Waals surface area contributed by atoms with Crippen LogP contribution in [0.4, 0.5) is 5.69 Å². The lowest BCUT2D eigenvalue weighted by molar-refractivity contribution is -0.384. The number of non-ortho nitro benzene ring substituents is 1. The molecular weight excluding hydrogens is 338 g/mol. The molecule has 2 atom stereocenters. The molecule has 1 aromatic rings. The van der Waals surface area contributed by atoms with Gasteiger partial charge in [0.25, 0.3) is 5.69 Å². The fourth-order valence-electron chi connectivity index (χ4n) is 2.10. The van der Waals surface area contributed by atoms with E-state index in [4.69, 9.17) is 4.74 Å². The number of hydrogen-bond acceptors (Lipinski definition) is 7. The van der Waals surface area contributed by atoms with Gasteiger partial charge in [-0.15, -0.1) is 12.6 Å². The van der Waals surface area contributed by atoms with Gasteiger partial charge >= 0.3 is 5.97 Å². The number of likely N-dealkylation sites (tertiary alicyclic amines) is 1. The van der Waals surface area contributed by atoms with Crippen LogP contribution in [0.2, 0.25) is 0 Å². The van der Waals surface area contributed by atoms with E-state index in [0.717, 1.165) is 0 Å². The van der Waals surface area contributed by atoms with Crippen LogP contribution in [0.15, 0.2) is 24.3 Å². The molecule has 1 fully saturated rings. The zero-order valence-electron chi connectivity index (χ0n) is 12.7. The summed E-state index contributed by atoms with van der Waals surface area (Å²) in [4.78, 5) is 45.8. The number of β-lactam (4-membered cyclic amide) rings is 1. The number of amides is 2. The van der Waals surface area contributed by atoms with Crippen molar-refractivity contribution < 1.29 is 24.0 Å². The molecule has 9 nitrogen and oxygen atoms in total. The molecule has 1 heterocycles. The molecule has 1 aliphatic rings. The zero-order valence-corrected chi connectivity index (χ0v) is 13.6. The average Bonchev–Trinajstić information content (AvgIpc) is 2.55. The van der Waals surface area contributed by atoms with Gasteiger partial charge in [-0.25, -0.2) is 4.79 Å². The van der Waals surface area contributed by atoms with E-state index in [-0.39, 0.29) is 24.7 Å². The van der Waals surface area contributed by atoms with Gasteiger partial charge in [0.2, 0.25) is 11.8 Å². The van der Waals surface area contributed by atoms with E-state index >= 15 is 0 Å². The number of nitro groups is 1. The summed E-state index contributed by atoms with van der Waals surface area (Å²) in [6.45, 7) is 1.39. The van der Waals surface area contributed by atoms with Crippen LogP contribution in [0.3, 0.4) is 0 Å². The third-order valence-electron chi connectivity index (χ3n) is 3.37. The van der Waals surface area contributed by atoms with Crippen LogP contribution in [-0.2, 0) is 25.7 Å². The number of ether oxygens (including phenoxy) is 1. The Hall–Kier alpha value is -2.62. The van der Waals surface area contributed by atoms with Gasteiger partial charge in [0.15, 0.2) is 5.37 Å². The highest BCUT2D eigenvalue weighted by atomic mass is 32.1. The Labute approximate surface area is 142 Å². The lowest BCUT2D eigenvalue weighted by atomic mass is 10.1. The molecule has 0 saturated carbocycles. The number of rotatable bonds is 6. The van der Waals surface area contributed by atoms with Crippen molar-refractivity contribution in [1.82, 2.24) is 10.2 Å². The quantitative estimate of drug-likeness (QED) is 0.249. The standard InChI is InChI=1S/C14H15N3O6S/c1-8(18)15-11-6-16(12(11)19)13(24)14(20)23-7-9-2-4-10(5-3-9)17(21)22/h2-5,11,13,24H,6-7H2,1H3,(H,15,18)/t11-,13?/m0/s1. The maximum atomic E-state index is 11.9. The van der Waals surface area contributed by atoms with Gasteiger partial charge in [0, 0.05) is 19.1 Å². The van der Waals surface area contributed by atoms with Crippen molar-refractivity contribution in [3.8, 4) is 0 Å². The fraction of sp³-hybridized carbons (Fsp3) is 0.357. The van der Waals surface area contributed by atoms with E-state index in [9.17, 15) is 24.5 Å². The second kappa shape index (κ2) is 7.30. The number of thiol groups is 1. The number of hydrogen-bond donors (Lipinski definition) is 2. The Morgan fingerprint density at radius 3 is 2.58 bits per heavy atom. The molecule has 0 bridgehead atoms. The van der Waals surface area contributed by atoms with Crippen molar-refractivity contribution in [2.75, 3.05) is 6.54 Å². The predicted octanol–water partition coefficient (Wildman–Crippen LogP) is 0.241. The summed E-state index contributed by atoms with van der Waals surface area (Å²) in [5.41, 5.74) is 0.507. The monoisotopic (exact) mass is 353 g/mol. The van der Waals surface area contributed by atoms with Crippen LogP contribution in [0.25, 0.3) is 0 Å². The van der Waals surface area contributed by atoms with Crippen LogP contribution >= 0.6 is 12.6 Å². The van der Waals surface area contributed by atoms with Crippen molar-refractivity contribution in [1.29, 1.82) is 0 Å². The number of esters is 1. The highest BCUT2D eigenvalue weighted by Crippen LogP contribution is 2.19. The van der Waals surface area contributed by atoms with Gasteiger partial charge in [0.1, 0.15) is 12.6 Å². The lowest BCUT2D eigenvalue weighted by Gasteiger charge is -2.40. The number of carbonyl (C=O) groups excluding carboxylic acids is 3. The van der Waals surface area contributed by atoms with Crippen molar-refractivity contribution in [3.05, 3.63) is 39.9 Å². The zero-order chi connectivity index (χ0) is 17.9. The minimum absolute atomic E-state index is 0.0627. The summed E-state index contributed by atoms with van der Waals surface area (Å²) in [7, 11) is 0. The first-order valence-corrected chi connectivity index (χ1v) is 7.47. The van der Waals surface area contributed by atoms with E-state index in [1.54, 1.807) is 0 Å². The Bertz CT molecular complexity index is 678. The molecule has 10 heteroatoms. The van der Waals surface area contributed by atoms with Crippen LogP contribution < -0.4 is 5.32 Å². The molecule has 128 valence electrons. The third kappa shape index (κ3) is 4.02. The van der Waals surface area contributed by atoms with Crippen molar-refractivity contribution in [2.45, 2.75) is 24.9 Å². The van der Waals surface area contributed by atoms with Crippen LogP contribution in [0.1, 0.15) is 12.5 Å².